The summed E-state index contributed by atoms with van der Waals surface area (Å²) in [4.78, 5) is 12.2. The lowest BCUT2D eigenvalue weighted by Crippen LogP contribution is -2.41. The van der Waals surface area contributed by atoms with Crippen molar-refractivity contribution >= 4 is 17.5 Å². The normalized spacial score (nSPS) is 18.9. The Morgan fingerprint density at radius 2 is 2.30 bits per heavy atom. The lowest BCUT2D eigenvalue weighted by atomic mass is 9.87. The molecular formula is C14H22ClN3O2. The number of hydrogen-bond donors (Lipinski definition) is 1. The van der Waals surface area contributed by atoms with Crippen molar-refractivity contribution in [2.45, 2.75) is 38.6 Å². The quantitative estimate of drug-likeness (QED) is 0.877. The van der Waals surface area contributed by atoms with Crippen LogP contribution in [-0.2, 0) is 9.53 Å². The summed E-state index contributed by atoms with van der Waals surface area (Å²) in [6.07, 6.45) is 7.85. The maximum absolute atomic E-state index is 12.2. The fraction of sp³-hybridized carbons (Fsp3) is 0.714. The number of hydrogen-bond acceptors (Lipinski definition) is 3. The second-order valence-electron chi connectivity index (χ2n) is 5.67. The first-order chi connectivity index (χ1) is 9.56. The molecule has 0 spiro atoms. The summed E-state index contributed by atoms with van der Waals surface area (Å²) >= 11 is 5.82. The van der Waals surface area contributed by atoms with Gasteiger partial charge in [0.15, 0.2) is 0 Å². The molecule has 112 valence electrons. The van der Waals surface area contributed by atoms with E-state index < -0.39 is 0 Å². The summed E-state index contributed by atoms with van der Waals surface area (Å²) < 4.78 is 6.90. The first kappa shape index (κ1) is 15.3. The zero-order chi connectivity index (χ0) is 14.6. The number of amides is 1. The van der Waals surface area contributed by atoms with Crippen molar-refractivity contribution in [3.63, 3.8) is 0 Å². The van der Waals surface area contributed by atoms with Gasteiger partial charge in [0.1, 0.15) is 6.04 Å². The van der Waals surface area contributed by atoms with Crippen LogP contribution in [0.4, 0.5) is 0 Å². The second-order valence-corrected chi connectivity index (χ2v) is 6.11. The Bertz CT molecular complexity index is 455. The average molecular weight is 300 g/mol. The van der Waals surface area contributed by atoms with Crippen molar-refractivity contribution < 1.29 is 9.53 Å². The number of nitrogens with zero attached hydrogens (tertiary/aromatic N) is 2. The SMILES string of the molecule is COCC1(CNC(=O)[C@H](C)n2cc(Cl)cn2)CCCC1. The lowest BCUT2D eigenvalue weighted by molar-refractivity contribution is -0.124. The Balaban J connectivity index is 1.90. The Morgan fingerprint density at radius 1 is 1.60 bits per heavy atom. The molecule has 1 aliphatic rings. The van der Waals surface area contributed by atoms with Crippen molar-refractivity contribution in [1.82, 2.24) is 15.1 Å². The third-order valence-corrected chi connectivity index (χ3v) is 4.29. The molecule has 0 radical (unpaired) electrons. The van der Waals surface area contributed by atoms with E-state index in [0.29, 0.717) is 18.2 Å². The molecule has 0 aromatic carbocycles. The molecule has 0 bridgehead atoms. The minimum absolute atomic E-state index is 0.0351. The van der Waals surface area contributed by atoms with Crippen molar-refractivity contribution in [3.05, 3.63) is 17.4 Å². The number of rotatable bonds is 6. The van der Waals surface area contributed by atoms with Crippen LogP contribution >= 0.6 is 11.6 Å². The minimum Gasteiger partial charge on any atom is -0.384 e. The maximum atomic E-state index is 12.2. The molecule has 1 fully saturated rings. The van der Waals surface area contributed by atoms with E-state index in [-0.39, 0.29) is 17.4 Å². The molecule has 1 aliphatic carbocycles. The molecule has 1 heterocycles. The van der Waals surface area contributed by atoms with E-state index in [4.69, 9.17) is 16.3 Å². The molecule has 0 unspecified atom stereocenters. The Morgan fingerprint density at radius 3 is 2.85 bits per heavy atom. The molecule has 0 saturated heterocycles. The van der Waals surface area contributed by atoms with Crippen LogP contribution in [0.2, 0.25) is 5.02 Å². The van der Waals surface area contributed by atoms with E-state index in [9.17, 15) is 4.79 Å². The van der Waals surface area contributed by atoms with Crippen LogP contribution in [0.15, 0.2) is 12.4 Å². The number of methoxy groups -OCH3 is 1. The summed E-state index contributed by atoms with van der Waals surface area (Å²) in [5.74, 6) is -0.0351. The van der Waals surface area contributed by atoms with Crippen LogP contribution in [0, 0.1) is 5.41 Å². The average Bonchev–Trinajstić information content (AvgIpc) is 3.05. The third-order valence-electron chi connectivity index (χ3n) is 4.10. The van der Waals surface area contributed by atoms with Crippen LogP contribution in [0.1, 0.15) is 38.6 Å². The summed E-state index contributed by atoms with van der Waals surface area (Å²) in [5.41, 5.74) is 0.103. The highest BCUT2D eigenvalue weighted by atomic mass is 35.5. The Hall–Kier alpha value is -1.07. The highest BCUT2D eigenvalue weighted by Gasteiger charge is 2.34. The molecule has 6 heteroatoms. The number of nitrogens with one attached hydrogen (secondary N) is 1. The summed E-state index contributed by atoms with van der Waals surface area (Å²) in [7, 11) is 1.72. The minimum atomic E-state index is -0.358. The summed E-state index contributed by atoms with van der Waals surface area (Å²) in [6, 6.07) is -0.358. The van der Waals surface area contributed by atoms with E-state index >= 15 is 0 Å². The molecule has 1 aromatic heterocycles. The number of ether oxygens (including phenoxy) is 1. The van der Waals surface area contributed by atoms with E-state index in [1.807, 2.05) is 6.92 Å². The molecule has 1 saturated carbocycles. The van der Waals surface area contributed by atoms with Gasteiger partial charge in [0.2, 0.25) is 5.91 Å². The summed E-state index contributed by atoms with van der Waals surface area (Å²) in [6.45, 7) is 3.19. The van der Waals surface area contributed by atoms with Crippen molar-refractivity contribution in [2.75, 3.05) is 20.3 Å². The number of carbonyl (C=O) groups excluding carboxylic acids is 1. The third kappa shape index (κ3) is 3.52. The van der Waals surface area contributed by atoms with Gasteiger partial charge in [-0.3, -0.25) is 9.48 Å². The fourth-order valence-corrected chi connectivity index (χ4v) is 3.02. The highest BCUT2D eigenvalue weighted by Crippen LogP contribution is 2.37. The molecule has 0 aliphatic heterocycles. The fourth-order valence-electron chi connectivity index (χ4n) is 2.87. The first-order valence-corrected chi connectivity index (χ1v) is 7.40. The lowest BCUT2D eigenvalue weighted by Gasteiger charge is -2.29. The van der Waals surface area contributed by atoms with Gasteiger partial charge >= 0.3 is 0 Å². The van der Waals surface area contributed by atoms with E-state index in [1.165, 1.54) is 19.0 Å². The van der Waals surface area contributed by atoms with Crippen molar-refractivity contribution in [2.24, 2.45) is 5.41 Å². The molecular weight excluding hydrogens is 278 g/mol. The highest BCUT2D eigenvalue weighted by molar-refractivity contribution is 6.30. The van der Waals surface area contributed by atoms with Gasteiger partial charge in [0, 0.05) is 25.3 Å². The largest absolute Gasteiger partial charge is 0.384 e. The van der Waals surface area contributed by atoms with Gasteiger partial charge < -0.3 is 10.1 Å². The van der Waals surface area contributed by atoms with Crippen LogP contribution in [0.5, 0.6) is 0 Å². The summed E-state index contributed by atoms with van der Waals surface area (Å²) in [5, 5.41) is 7.64. The molecule has 1 atom stereocenters. The number of carbonyl (C=O) groups is 1. The van der Waals surface area contributed by atoms with Gasteiger partial charge in [-0.05, 0) is 19.8 Å². The van der Waals surface area contributed by atoms with Crippen LogP contribution in [0.25, 0.3) is 0 Å². The van der Waals surface area contributed by atoms with Gasteiger partial charge in [0.25, 0.3) is 0 Å². The predicted molar refractivity (Wildman–Crippen MR) is 77.7 cm³/mol. The number of halogens is 1. The van der Waals surface area contributed by atoms with E-state index in [1.54, 1.807) is 18.0 Å². The molecule has 1 N–H and O–H groups in total. The van der Waals surface area contributed by atoms with Gasteiger partial charge in [-0.25, -0.2) is 0 Å². The molecule has 20 heavy (non-hydrogen) atoms. The topological polar surface area (TPSA) is 56.1 Å². The monoisotopic (exact) mass is 299 g/mol. The first-order valence-electron chi connectivity index (χ1n) is 7.03. The molecule has 2 rings (SSSR count). The molecule has 1 aromatic rings. The maximum Gasteiger partial charge on any atom is 0.244 e. The van der Waals surface area contributed by atoms with Gasteiger partial charge in [-0.15, -0.1) is 0 Å². The van der Waals surface area contributed by atoms with Crippen LogP contribution < -0.4 is 5.32 Å². The van der Waals surface area contributed by atoms with Gasteiger partial charge in [-0.1, -0.05) is 24.4 Å². The van der Waals surface area contributed by atoms with E-state index in [0.717, 1.165) is 12.8 Å². The molecule has 5 nitrogen and oxygen atoms in total. The van der Waals surface area contributed by atoms with Crippen molar-refractivity contribution in [3.8, 4) is 0 Å². The smallest absolute Gasteiger partial charge is 0.244 e. The van der Waals surface area contributed by atoms with Crippen LogP contribution in [-0.4, -0.2) is 35.9 Å². The van der Waals surface area contributed by atoms with E-state index in [2.05, 4.69) is 10.4 Å². The predicted octanol–water partition coefficient (Wildman–Crippen LogP) is 2.42. The zero-order valence-electron chi connectivity index (χ0n) is 12.1. The Kier molecular flexibility index (Phi) is 5.05. The molecule has 1 amide bonds. The zero-order valence-corrected chi connectivity index (χ0v) is 12.8. The number of aromatic nitrogens is 2. The van der Waals surface area contributed by atoms with Gasteiger partial charge in [-0.2, -0.15) is 5.10 Å². The van der Waals surface area contributed by atoms with Crippen molar-refractivity contribution in [1.29, 1.82) is 0 Å². The second kappa shape index (κ2) is 6.59. The standard InChI is InChI=1S/C14H22ClN3O2/c1-11(18-8-12(15)7-17-18)13(19)16-9-14(10-20-2)5-3-4-6-14/h7-8,11H,3-6,9-10H2,1-2H3,(H,16,19)/t11-/m0/s1. The van der Waals surface area contributed by atoms with Gasteiger partial charge in [0.05, 0.1) is 17.8 Å². The Labute approximate surface area is 124 Å². The van der Waals surface area contributed by atoms with Crippen LogP contribution in [0.3, 0.4) is 0 Å².